The van der Waals surface area contributed by atoms with Crippen LogP contribution in [0.1, 0.15) is 32.8 Å². The maximum Gasteiger partial charge on any atom is 0.316 e. The standard InChI is InChI=1S/C14H18O4/c1-4-14(2,3)13(17)18-11-7-5-10(6-8-11)9-12(15)16/h5-8H,4,9H2,1-3H3,(H,15,16). The minimum Gasteiger partial charge on any atom is -0.481 e. The summed E-state index contributed by atoms with van der Waals surface area (Å²) in [6, 6.07) is 6.52. The topological polar surface area (TPSA) is 63.6 Å². The Bertz CT molecular complexity index is 432. The van der Waals surface area contributed by atoms with Crippen LogP contribution in [0.2, 0.25) is 0 Å². The first-order valence-electron chi connectivity index (χ1n) is 5.88. The van der Waals surface area contributed by atoms with Crippen molar-refractivity contribution >= 4 is 11.9 Å². The molecule has 0 aliphatic heterocycles. The van der Waals surface area contributed by atoms with E-state index in [9.17, 15) is 9.59 Å². The van der Waals surface area contributed by atoms with Crippen LogP contribution in [-0.4, -0.2) is 17.0 Å². The molecule has 0 amide bonds. The second-order valence-corrected chi connectivity index (χ2v) is 4.84. The maximum atomic E-state index is 11.8. The van der Waals surface area contributed by atoms with Crippen LogP contribution in [0.5, 0.6) is 5.75 Å². The van der Waals surface area contributed by atoms with Gasteiger partial charge in [-0.3, -0.25) is 9.59 Å². The molecule has 18 heavy (non-hydrogen) atoms. The number of hydrogen-bond acceptors (Lipinski definition) is 3. The van der Waals surface area contributed by atoms with Gasteiger partial charge < -0.3 is 9.84 Å². The molecule has 4 nitrogen and oxygen atoms in total. The van der Waals surface area contributed by atoms with Gasteiger partial charge in [-0.1, -0.05) is 19.1 Å². The van der Waals surface area contributed by atoms with Gasteiger partial charge in [0.15, 0.2) is 0 Å². The first-order chi connectivity index (χ1) is 8.35. The first-order valence-corrected chi connectivity index (χ1v) is 5.88. The van der Waals surface area contributed by atoms with Crippen LogP contribution in [0.15, 0.2) is 24.3 Å². The number of carboxylic acids is 1. The van der Waals surface area contributed by atoms with E-state index in [1.165, 1.54) is 0 Å². The number of hydrogen-bond donors (Lipinski definition) is 1. The Morgan fingerprint density at radius 3 is 2.22 bits per heavy atom. The van der Waals surface area contributed by atoms with Crippen molar-refractivity contribution in [3.05, 3.63) is 29.8 Å². The predicted octanol–water partition coefficient (Wildman–Crippen LogP) is 2.66. The maximum absolute atomic E-state index is 11.8. The zero-order valence-electron chi connectivity index (χ0n) is 10.9. The highest BCUT2D eigenvalue weighted by Crippen LogP contribution is 2.23. The van der Waals surface area contributed by atoms with Crippen molar-refractivity contribution in [2.75, 3.05) is 0 Å². The van der Waals surface area contributed by atoms with Crippen molar-refractivity contribution in [3.8, 4) is 5.75 Å². The summed E-state index contributed by atoms with van der Waals surface area (Å²) >= 11 is 0. The summed E-state index contributed by atoms with van der Waals surface area (Å²) in [4.78, 5) is 22.3. The number of carbonyl (C=O) groups is 2. The van der Waals surface area contributed by atoms with Crippen LogP contribution < -0.4 is 4.74 Å². The lowest BCUT2D eigenvalue weighted by molar-refractivity contribution is -0.144. The summed E-state index contributed by atoms with van der Waals surface area (Å²) in [5, 5.41) is 8.63. The monoisotopic (exact) mass is 250 g/mol. The van der Waals surface area contributed by atoms with Gasteiger partial charge in [-0.15, -0.1) is 0 Å². The molecule has 0 atom stereocenters. The van der Waals surface area contributed by atoms with Crippen molar-refractivity contribution < 1.29 is 19.4 Å². The molecule has 1 aromatic carbocycles. The third-order valence-electron chi connectivity index (χ3n) is 2.93. The van der Waals surface area contributed by atoms with Crippen molar-refractivity contribution in [1.82, 2.24) is 0 Å². The van der Waals surface area contributed by atoms with Crippen LogP contribution in [-0.2, 0) is 16.0 Å². The molecular formula is C14H18O4. The highest BCUT2D eigenvalue weighted by atomic mass is 16.5. The van der Waals surface area contributed by atoms with E-state index < -0.39 is 11.4 Å². The summed E-state index contributed by atoms with van der Waals surface area (Å²) in [6.07, 6.45) is 0.664. The van der Waals surface area contributed by atoms with Crippen molar-refractivity contribution in [2.45, 2.75) is 33.6 Å². The second-order valence-electron chi connectivity index (χ2n) is 4.84. The van der Waals surface area contributed by atoms with E-state index in [0.717, 1.165) is 0 Å². The molecule has 1 aromatic rings. The molecular weight excluding hydrogens is 232 g/mol. The Kier molecular flexibility index (Phi) is 4.48. The van der Waals surface area contributed by atoms with Gasteiger partial charge in [0.25, 0.3) is 0 Å². The Hall–Kier alpha value is -1.84. The molecule has 0 radical (unpaired) electrons. The number of ether oxygens (including phenoxy) is 1. The van der Waals surface area contributed by atoms with E-state index in [2.05, 4.69) is 0 Å². The zero-order chi connectivity index (χ0) is 13.8. The van der Waals surface area contributed by atoms with Gasteiger partial charge in [-0.05, 0) is 38.0 Å². The third kappa shape index (κ3) is 3.87. The quantitative estimate of drug-likeness (QED) is 0.644. The molecule has 0 heterocycles. The molecule has 4 heteroatoms. The lowest BCUT2D eigenvalue weighted by atomic mass is 9.91. The molecule has 1 N–H and O–H groups in total. The van der Waals surface area contributed by atoms with Crippen molar-refractivity contribution in [2.24, 2.45) is 5.41 Å². The predicted molar refractivity (Wildman–Crippen MR) is 67.5 cm³/mol. The van der Waals surface area contributed by atoms with E-state index in [-0.39, 0.29) is 12.4 Å². The summed E-state index contributed by atoms with van der Waals surface area (Å²) < 4.78 is 5.24. The molecule has 0 saturated heterocycles. The van der Waals surface area contributed by atoms with Gasteiger partial charge in [0.05, 0.1) is 11.8 Å². The van der Waals surface area contributed by atoms with E-state index in [1.54, 1.807) is 24.3 Å². The number of benzene rings is 1. The Labute approximate surface area is 107 Å². The molecule has 0 fully saturated rings. The Balaban J connectivity index is 2.69. The Morgan fingerprint density at radius 1 is 1.22 bits per heavy atom. The lowest BCUT2D eigenvalue weighted by Crippen LogP contribution is -2.28. The zero-order valence-corrected chi connectivity index (χ0v) is 10.9. The van der Waals surface area contributed by atoms with Gasteiger partial charge in [-0.25, -0.2) is 0 Å². The third-order valence-corrected chi connectivity index (χ3v) is 2.93. The smallest absolute Gasteiger partial charge is 0.316 e. The molecule has 0 unspecified atom stereocenters. The van der Waals surface area contributed by atoms with Gasteiger partial charge in [0.2, 0.25) is 0 Å². The van der Waals surface area contributed by atoms with Crippen LogP contribution in [0.4, 0.5) is 0 Å². The first kappa shape index (κ1) is 14.2. The van der Waals surface area contributed by atoms with E-state index in [1.807, 2.05) is 20.8 Å². The molecule has 0 aliphatic carbocycles. The highest BCUT2D eigenvalue weighted by molar-refractivity contribution is 5.78. The summed E-state index contributed by atoms with van der Waals surface area (Å²) in [7, 11) is 0. The average Bonchev–Trinajstić information content (AvgIpc) is 2.31. The molecule has 0 saturated carbocycles. The second kappa shape index (κ2) is 5.67. The minimum atomic E-state index is -0.883. The molecule has 0 aromatic heterocycles. The van der Waals surface area contributed by atoms with Crippen LogP contribution in [0, 0.1) is 5.41 Å². The van der Waals surface area contributed by atoms with Crippen molar-refractivity contribution in [1.29, 1.82) is 0 Å². The lowest BCUT2D eigenvalue weighted by Gasteiger charge is -2.20. The molecule has 0 aliphatic rings. The van der Waals surface area contributed by atoms with Gasteiger partial charge >= 0.3 is 11.9 Å². The number of aliphatic carboxylic acids is 1. The highest BCUT2D eigenvalue weighted by Gasteiger charge is 2.27. The van der Waals surface area contributed by atoms with Crippen LogP contribution >= 0.6 is 0 Å². The summed E-state index contributed by atoms with van der Waals surface area (Å²) in [6.45, 7) is 5.58. The summed E-state index contributed by atoms with van der Waals surface area (Å²) in [5.74, 6) is -0.724. The molecule has 0 spiro atoms. The molecule has 0 bridgehead atoms. The van der Waals surface area contributed by atoms with E-state index >= 15 is 0 Å². The van der Waals surface area contributed by atoms with Gasteiger partial charge in [0, 0.05) is 0 Å². The summed E-state index contributed by atoms with van der Waals surface area (Å²) in [5.41, 5.74) is 0.164. The molecule has 1 rings (SSSR count). The van der Waals surface area contributed by atoms with E-state index in [0.29, 0.717) is 17.7 Å². The SMILES string of the molecule is CCC(C)(C)C(=O)Oc1ccc(CC(=O)O)cc1. The van der Waals surface area contributed by atoms with Crippen LogP contribution in [0.3, 0.4) is 0 Å². The van der Waals surface area contributed by atoms with Crippen molar-refractivity contribution in [3.63, 3.8) is 0 Å². The number of carbonyl (C=O) groups excluding carboxylic acids is 1. The number of rotatable bonds is 5. The average molecular weight is 250 g/mol. The number of carboxylic acid groups (broad SMARTS) is 1. The fourth-order valence-electron chi connectivity index (χ4n) is 1.24. The Morgan fingerprint density at radius 2 is 1.78 bits per heavy atom. The van der Waals surface area contributed by atoms with Gasteiger partial charge in [-0.2, -0.15) is 0 Å². The fourth-order valence-corrected chi connectivity index (χ4v) is 1.24. The molecule has 98 valence electrons. The van der Waals surface area contributed by atoms with Gasteiger partial charge in [0.1, 0.15) is 5.75 Å². The normalized spacial score (nSPS) is 11.1. The minimum absolute atomic E-state index is 0.0331. The largest absolute Gasteiger partial charge is 0.481 e. The van der Waals surface area contributed by atoms with E-state index in [4.69, 9.17) is 9.84 Å². The fraction of sp³-hybridized carbons (Fsp3) is 0.429. The number of esters is 1. The van der Waals surface area contributed by atoms with Crippen LogP contribution in [0.25, 0.3) is 0 Å².